The highest BCUT2D eigenvalue weighted by atomic mass is 14.8. The molecule has 5 aromatic heterocycles. The van der Waals surface area contributed by atoms with Gasteiger partial charge in [0.25, 0.3) is 0 Å². The maximum absolute atomic E-state index is 5.35. The van der Waals surface area contributed by atoms with Crippen molar-refractivity contribution in [3.63, 3.8) is 0 Å². The molecule has 0 aliphatic rings. The summed E-state index contributed by atoms with van der Waals surface area (Å²) in [6, 6.07) is 42.1. The molecular formula is C41H23N5. The number of hydrogen-bond acceptors (Lipinski definition) is 5. The molecule has 5 heteroatoms. The first-order chi connectivity index (χ1) is 22.8. The molecule has 0 spiro atoms. The molecule has 0 atom stereocenters. The van der Waals surface area contributed by atoms with E-state index in [2.05, 4.69) is 103 Å². The van der Waals surface area contributed by atoms with Crippen LogP contribution in [0.5, 0.6) is 0 Å². The van der Waals surface area contributed by atoms with Gasteiger partial charge in [0, 0.05) is 67.4 Å². The van der Waals surface area contributed by atoms with Crippen molar-refractivity contribution in [2.45, 2.75) is 0 Å². The molecule has 0 unspecified atom stereocenters. The topological polar surface area (TPSA) is 64.5 Å². The minimum Gasteiger partial charge on any atom is -0.256 e. The summed E-state index contributed by atoms with van der Waals surface area (Å²) in [5, 5.41) is 9.69. The monoisotopic (exact) mass is 585 g/mol. The molecule has 0 saturated heterocycles. The molecule has 0 fully saturated rings. The van der Waals surface area contributed by atoms with Gasteiger partial charge in [-0.05, 0) is 41.1 Å². The lowest BCUT2D eigenvalue weighted by Crippen LogP contribution is -1.96. The standard InChI is InChI=1S/C41H23N5/c1-2-10-29-28(9-1)35(33-19-17-26-15-13-24-7-5-21-42-38(24)40(26)45-33)31-23-44-32-12-4-3-11-30(32)36(31)37(29)34-20-18-27-16-14-25-8-6-22-43-39(25)41(27)46-34/h1-23H. The predicted molar refractivity (Wildman–Crippen MR) is 189 cm³/mol. The van der Waals surface area contributed by atoms with E-state index < -0.39 is 0 Å². The second kappa shape index (κ2) is 9.58. The molecule has 10 rings (SSSR count). The molecule has 10 aromatic rings. The summed E-state index contributed by atoms with van der Waals surface area (Å²) in [6.45, 7) is 0. The number of fused-ring (bicyclic) bond motifs is 10. The van der Waals surface area contributed by atoms with Gasteiger partial charge >= 0.3 is 0 Å². The van der Waals surface area contributed by atoms with Crippen molar-refractivity contribution in [1.82, 2.24) is 24.9 Å². The van der Waals surface area contributed by atoms with Crippen molar-refractivity contribution in [2.75, 3.05) is 0 Å². The molecule has 0 bridgehead atoms. The Bertz CT molecular complexity index is 2880. The lowest BCUT2D eigenvalue weighted by molar-refractivity contribution is 1.37. The molecule has 5 heterocycles. The van der Waals surface area contributed by atoms with Gasteiger partial charge in [-0.15, -0.1) is 0 Å². The van der Waals surface area contributed by atoms with Gasteiger partial charge in [0.1, 0.15) is 0 Å². The van der Waals surface area contributed by atoms with Crippen LogP contribution < -0.4 is 0 Å². The third-order valence-electron chi connectivity index (χ3n) is 9.14. The van der Waals surface area contributed by atoms with Crippen molar-refractivity contribution in [3.8, 4) is 22.5 Å². The van der Waals surface area contributed by atoms with Crippen molar-refractivity contribution in [3.05, 3.63) is 140 Å². The zero-order chi connectivity index (χ0) is 30.2. The molecule has 0 radical (unpaired) electrons. The Hall–Kier alpha value is -6.33. The lowest BCUT2D eigenvalue weighted by Gasteiger charge is -2.18. The fourth-order valence-corrected chi connectivity index (χ4v) is 7.07. The molecule has 0 aliphatic heterocycles. The number of hydrogen-bond donors (Lipinski definition) is 0. The smallest absolute Gasteiger partial charge is 0.0972 e. The SMILES string of the molecule is c1cnc2c(c1)ccc1ccc(-c3c4ccccc4c(-c4ccc5ccc6cccnc6c5n4)c4c3cnc3ccccc34)nc12. The highest BCUT2D eigenvalue weighted by Gasteiger charge is 2.21. The van der Waals surface area contributed by atoms with Crippen LogP contribution in [-0.2, 0) is 0 Å². The first-order valence-corrected chi connectivity index (χ1v) is 15.3. The van der Waals surface area contributed by atoms with Crippen LogP contribution >= 0.6 is 0 Å². The Morgan fingerprint density at radius 3 is 1.48 bits per heavy atom. The van der Waals surface area contributed by atoms with Crippen LogP contribution in [0, 0.1) is 0 Å². The van der Waals surface area contributed by atoms with Gasteiger partial charge in [0.2, 0.25) is 0 Å². The number of para-hydroxylation sites is 1. The maximum Gasteiger partial charge on any atom is 0.0972 e. The average molecular weight is 586 g/mol. The zero-order valence-electron chi connectivity index (χ0n) is 24.5. The normalized spacial score (nSPS) is 11.9. The summed E-state index contributed by atoms with van der Waals surface area (Å²) in [4.78, 5) is 25.1. The Labute approximate surface area is 262 Å². The summed E-state index contributed by atoms with van der Waals surface area (Å²) in [5.41, 5.74) is 8.44. The van der Waals surface area contributed by atoms with Crippen LogP contribution in [0.4, 0.5) is 0 Å². The molecule has 0 aliphatic carbocycles. The third kappa shape index (κ3) is 3.60. The largest absolute Gasteiger partial charge is 0.256 e. The van der Waals surface area contributed by atoms with Crippen molar-refractivity contribution >= 4 is 76.1 Å². The van der Waals surface area contributed by atoms with Crippen LogP contribution in [0.25, 0.3) is 98.6 Å². The summed E-state index contributed by atoms with van der Waals surface area (Å²) in [5.74, 6) is 0. The number of pyridine rings is 5. The van der Waals surface area contributed by atoms with E-state index in [4.69, 9.17) is 24.9 Å². The number of aromatic nitrogens is 5. The van der Waals surface area contributed by atoms with E-state index in [-0.39, 0.29) is 0 Å². The van der Waals surface area contributed by atoms with Gasteiger partial charge in [-0.2, -0.15) is 0 Å². The van der Waals surface area contributed by atoms with Crippen LogP contribution in [0.3, 0.4) is 0 Å². The minimum atomic E-state index is 0.886. The van der Waals surface area contributed by atoms with Crippen LogP contribution in [0.15, 0.2) is 140 Å². The third-order valence-corrected chi connectivity index (χ3v) is 9.14. The molecule has 5 aromatic carbocycles. The Kier molecular flexibility index (Phi) is 5.22. The van der Waals surface area contributed by atoms with E-state index in [9.17, 15) is 0 Å². The summed E-state index contributed by atoms with van der Waals surface area (Å²) < 4.78 is 0. The summed E-state index contributed by atoms with van der Waals surface area (Å²) in [7, 11) is 0. The van der Waals surface area contributed by atoms with Gasteiger partial charge in [0.15, 0.2) is 0 Å². The van der Waals surface area contributed by atoms with Gasteiger partial charge in [0.05, 0.1) is 39.0 Å². The van der Waals surface area contributed by atoms with E-state index in [0.717, 1.165) is 98.6 Å². The van der Waals surface area contributed by atoms with Gasteiger partial charge < -0.3 is 0 Å². The lowest BCUT2D eigenvalue weighted by atomic mass is 9.87. The summed E-state index contributed by atoms with van der Waals surface area (Å²) >= 11 is 0. The average Bonchev–Trinajstić information content (AvgIpc) is 3.13. The molecule has 5 nitrogen and oxygen atoms in total. The van der Waals surface area contributed by atoms with Crippen molar-refractivity contribution in [2.24, 2.45) is 0 Å². The van der Waals surface area contributed by atoms with E-state index in [1.165, 1.54) is 0 Å². The maximum atomic E-state index is 5.35. The second-order valence-corrected chi connectivity index (χ2v) is 11.7. The van der Waals surface area contributed by atoms with E-state index in [1.807, 2.05) is 36.8 Å². The Morgan fingerprint density at radius 1 is 0.348 bits per heavy atom. The zero-order valence-corrected chi connectivity index (χ0v) is 24.5. The molecular weight excluding hydrogens is 562 g/mol. The fourth-order valence-electron chi connectivity index (χ4n) is 7.07. The highest BCUT2D eigenvalue weighted by molar-refractivity contribution is 6.27. The molecule has 46 heavy (non-hydrogen) atoms. The van der Waals surface area contributed by atoms with Crippen LogP contribution in [0.1, 0.15) is 0 Å². The van der Waals surface area contributed by atoms with Crippen LogP contribution in [-0.4, -0.2) is 24.9 Å². The summed E-state index contributed by atoms with van der Waals surface area (Å²) in [6.07, 6.45) is 5.68. The van der Waals surface area contributed by atoms with E-state index in [1.54, 1.807) is 0 Å². The van der Waals surface area contributed by atoms with Gasteiger partial charge in [-0.3, -0.25) is 15.0 Å². The van der Waals surface area contributed by atoms with Gasteiger partial charge in [-0.25, -0.2) is 9.97 Å². The highest BCUT2D eigenvalue weighted by Crippen LogP contribution is 2.45. The number of nitrogens with zero attached hydrogens (tertiary/aromatic N) is 5. The molecule has 0 amide bonds. The number of benzene rings is 5. The first-order valence-electron chi connectivity index (χ1n) is 15.3. The second-order valence-electron chi connectivity index (χ2n) is 11.7. The van der Waals surface area contributed by atoms with Crippen molar-refractivity contribution < 1.29 is 0 Å². The van der Waals surface area contributed by atoms with Crippen molar-refractivity contribution in [1.29, 1.82) is 0 Å². The van der Waals surface area contributed by atoms with E-state index in [0.29, 0.717) is 0 Å². The van der Waals surface area contributed by atoms with Crippen LogP contribution in [0.2, 0.25) is 0 Å². The Balaban J connectivity index is 1.37. The first kappa shape index (κ1) is 25.0. The quantitative estimate of drug-likeness (QED) is 0.149. The van der Waals surface area contributed by atoms with Gasteiger partial charge in [-0.1, -0.05) is 91.0 Å². The number of rotatable bonds is 2. The molecule has 0 saturated carbocycles. The van der Waals surface area contributed by atoms with E-state index >= 15 is 0 Å². The fraction of sp³-hybridized carbons (Fsp3) is 0. The predicted octanol–water partition coefficient (Wildman–Crippen LogP) is 10.1. The Morgan fingerprint density at radius 2 is 0.848 bits per heavy atom. The minimum absolute atomic E-state index is 0.886. The molecule has 0 N–H and O–H groups in total. The molecule has 212 valence electrons.